The van der Waals surface area contributed by atoms with Crippen LogP contribution in [0, 0.1) is 5.92 Å². The Bertz CT molecular complexity index is 644. The van der Waals surface area contributed by atoms with Gasteiger partial charge in [0.1, 0.15) is 19.3 Å². The van der Waals surface area contributed by atoms with Gasteiger partial charge >= 0.3 is 6.03 Å². The van der Waals surface area contributed by atoms with E-state index < -0.39 is 6.04 Å². The number of urea groups is 1. The van der Waals surface area contributed by atoms with Gasteiger partial charge in [-0.25, -0.2) is 4.79 Å². The molecule has 0 bridgehead atoms. The van der Waals surface area contributed by atoms with E-state index in [0.717, 1.165) is 29.9 Å². The Labute approximate surface area is 133 Å². The number of nitrogens with one attached hydrogen (secondary N) is 3. The second-order valence-corrected chi connectivity index (χ2v) is 6.13. The smallest absolute Gasteiger partial charge is 0.315 e. The fourth-order valence-corrected chi connectivity index (χ4v) is 3.02. The summed E-state index contributed by atoms with van der Waals surface area (Å²) in [6, 6.07) is 4.94. The van der Waals surface area contributed by atoms with Crippen molar-refractivity contribution < 1.29 is 19.1 Å². The molecule has 7 heteroatoms. The fourth-order valence-electron chi connectivity index (χ4n) is 3.02. The van der Waals surface area contributed by atoms with E-state index in [0.29, 0.717) is 25.7 Å². The molecule has 2 fully saturated rings. The Kier molecular flexibility index (Phi) is 3.48. The second kappa shape index (κ2) is 5.64. The fraction of sp³-hybridized carbons (Fsp3) is 0.500. The maximum Gasteiger partial charge on any atom is 0.315 e. The van der Waals surface area contributed by atoms with Gasteiger partial charge in [0.2, 0.25) is 5.91 Å². The third-order valence-corrected chi connectivity index (χ3v) is 4.41. The number of hydrogen-bond acceptors (Lipinski definition) is 4. The SMILES string of the molecule is O=C1NC[C@H](C(=O)N[C@H](c2ccc3c(c2)OCCO3)C2CC2)N1. The van der Waals surface area contributed by atoms with Crippen LogP contribution in [-0.4, -0.2) is 37.7 Å². The third kappa shape index (κ3) is 2.91. The van der Waals surface area contributed by atoms with Gasteiger partial charge in [0.25, 0.3) is 0 Å². The second-order valence-electron chi connectivity index (χ2n) is 6.13. The molecule has 1 aromatic rings. The molecule has 4 rings (SSSR count). The lowest BCUT2D eigenvalue weighted by Gasteiger charge is -2.24. The summed E-state index contributed by atoms with van der Waals surface area (Å²) in [5, 5.41) is 8.29. The van der Waals surface area contributed by atoms with Gasteiger partial charge in [-0.2, -0.15) is 0 Å². The molecule has 0 spiro atoms. The van der Waals surface area contributed by atoms with E-state index in [9.17, 15) is 9.59 Å². The van der Waals surface area contributed by atoms with Gasteiger partial charge < -0.3 is 25.4 Å². The van der Waals surface area contributed by atoms with Crippen LogP contribution in [0.3, 0.4) is 0 Å². The molecule has 1 saturated heterocycles. The average molecular weight is 317 g/mol. The molecule has 7 nitrogen and oxygen atoms in total. The van der Waals surface area contributed by atoms with Crippen LogP contribution < -0.4 is 25.4 Å². The standard InChI is InChI=1S/C16H19N3O4/c20-15(11-8-17-16(21)18-11)19-14(9-1-2-9)10-3-4-12-13(7-10)23-6-5-22-12/h3-4,7,9,11,14H,1-2,5-6,8H2,(H,19,20)(H2,17,18,21)/t11-,14+/m1/s1. The third-order valence-electron chi connectivity index (χ3n) is 4.41. The maximum absolute atomic E-state index is 12.4. The lowest BCUT2D eigenvalue weighted by Crippen LogP contribution is -2.44. The topological polar surface area (TPSA) is 88.7 Å². The zero-order valence-corrected chi connectivity index (χ0v) is 12.6. The van der Waals surface area contributed by atoms with Crippen LogP contribution in [0.4, 0.5) is 4.79 Å². The zero-order chi connectivity index (χ0) is 15.8. The molecule has 3 aliphatic rings. The van der Waals surface area contributed by atoms with Crippen molar-refractivity contribution in [2.24, 2.45) is 5.92 Å². The minimum Gasteiger partial charge on any atom is -0.486 e. The number of rotatable bonds is 4. The van der Waals surface area contributed by atoms with Crippen LogP contribution in [0.15, 0.2) is 18.2 Å². The molecule has 23 heavy (non-hydrogen) atoms. The largest absolute Gasteiger partial charge is 0.486 e. The first-order valence-corrected chi connectivity index (χ1v) is 7.95. The summed E-state index contributed by atoms with van der Waals surface area (Å²) in [5.74, 6) is 1.75. The van der Waals surface area contributed by atoms with Crippen LogP contribution in [0.25, 0.3) is 0 Å². The Morgan fingerprint density at radius 3 is 2.70 bits per heavy atom. The quantitative estimate of drug-likeness (QED) is 0.763. The van der Waals surface area contributed by atoms with E-state index >= 15 is 0 Å². The first-order chi connectivity index (χ1) is 11.2. The molecule has 2 aliphatic heterocycles. The molecular formula is C16H19N3O4. The lowest BCUT2D eigenvalue weighted by atomic mass is 10.0. The van der Waals surface area contributed by atoms with Crippen molar-refractivity contribution in [1.82, 2.24) is 16.0 Å². The summed E-state index contributed by atoms with van der Waals surface area (Å²) in [6.45, 7) is 1.42. The van der Waals surface area contributed by atoms with Crippen LogP contribution in [-0.2, 0) is 4.79 Å². The molecule has 0 radical (unpaired) electrons. The lowest BCUT2D eigenvalue weighted by molar-refractivity contribution is -0.123. The molecule has 0 unspecified atom stereocenters. The van der Waals surface area contributed by atoms with Crippen LogP contribution >= 0.6 is 0 Å². The number of hydrogen-bond donors (Lipinski definition) is 3. The molecule has 1 aromatic carbocycles. The number of amides is 3. The van der Waals surface area contributed by atoms with Crippen LogP contribution in [0.1, 0.15) is 24.4 Å². The van der Waals surface area contributed by atoms with E-state index in [4.69, 9.17) is 9.47 Å². The monoisotopic (exact) mass is 317 g/mol. The van der Waals surface area contributed by atoms with Gasteiger partial charge in [-0.15, -0.1) is 0 Å². The van der Waals surface area contributed by atoms with Crippen LogP contribution in [0.2, 0.25) is 0 Å². The Morgan fingerprint density at radius 1 is 1.22 bits per heavy atom. The summed E-state index contributed by atoms with van der Waals surface area (Å²) in [5.41, 5.74) is 1.02. The molecule has 3 N–H and O–H groups in total. The summed E-state index contributed by atoms with van der Waals surface area (Å²) in [4.78, 5) is 23.6. The van der Waals surface area contributed by atoms with E-state index in [2.05, 4.69) is 16.0 Å². The van der Waals surface area contributed by atoms with Crippen molar-refractivity contribution in [2.45, 2.75) is 24.9 Å². The molecule has 0 aromatic heterocycles. The minimum absolute atomic E-state index is 0.0594. The number of fused-ring (bicyclic) bond motifs is 1. The molecular weight excluding hydrogens is 298 g/mol. The molecule has 2 heterocycles. The van der Waals surface area contributed by atoms with E-state index in [-0.39, 0.29) is 18.0 Å². The number of carbonyl (C=O) groups excluding carboxylic acids is 2. The Balaban J connectivity index is 1.51. The molecule has 1 saturated carbocycles. The molecule has 1 aliphatic carbocycles. The first kappa shape index (κ1) is 14.2. The van der Waals surface area contributed by atoms with Crippen molar-refractivity contribution in [3.63, 3.8) is 0 Å². The Hall–Kier alpha value is -2.44. The van der Waals surface area contributed by atoms with Crippen molar-refractivity contribution in [3.05, 3.63) is 23.8 Å². The number of benzene rings is 1. The van der Waals surface area contributed by atoms with Crippen molar-refractivity contribution in [1.29, 1.82) is 0 Å². The summed E-state index contributed by atoms with van der Waals surface area (Å²) < 4.78 is 11.2. The highest BCUT2D eigenvalue weighted by Crippen LogP contribution is 2.43. The van der Waals surface area contributed by atoms with Gasteiger partial charge in [0, 0.05) is 6.54 Å². The molecule has 2 atom stereocenters. The maximum atomic E-state index is 12.4. The summed E-state index contributed by atoms with van der Waals surface area (Å²) >= 11 is 0. The number of carbonyl (C=O) groups is 2. The highest BCUT2D eigenvalue weighted by atomic mass is 16.6. The molecule has 122 valence electrons. The van der Waals surface area contributed by atoms with Gasteiger partial charge in [0.05, 0.1) is 6.04 Å². The highest BCUT2D eigenvalue weighted by Gasteiger charge is 2.36. The predicted molar refractivity (Wildman–Crippen MR) is 81.4 cm³/mol. The first-order valence-electron chi connectivity index (χ1n) is 7.95. The number of ether oxygens (including phenoxy) is 2. The molecule has 3 amide bonds. The van der Waals surface area contributed by atoms with E-state index in [1.54, 1.807) is 0 Å². The zero-order valence-electron chi connectivity index (χ0n) is 12.6. The highest BCUT2D eigenvalue weighted by molar-refractivity contribution is 5.90. The van der Waals surface area contributed by atoms with Crippen molar-refractivity contribution >= 4 is 11.9 Å². The van der Waals surface area contributed by atoms with Crippen molar-refractivity contribution in [2.75, 3.05) is 19.8 Å². The van der Waals surface area contributed by atoms with Gasteiger partial charge in [0.15, 0.2) is 11.5 Å². The van der Waals surface area contributed by atoms with Gasteiger partial charge in [-0.3, -0.25) is 4.79 Å². The normalized spacial score (nSPS) is 23.7. The van der Waals surface area contributed by atoms with Gasteiger partial charge in [-0.1, -0.05) is 6.07 Å². The van der Waals surface area contributed by atoms with Crippen molar-refractivity contribution in [3.8, 4) is 11.5 Å². The summed E-state index contributed by atoms with van der Waals surface area (Å²) in [7, 11) is 0. The Morgan fingerprint density at radius 2 is 2.00 bits per heavy atom. The van der Waals surface area contributed by atoms with Gasteiger partial charge in [-0.05, 0) is 36.5 Å². The predicted octanol–water partition coefficient (Wildman–Crippen LogP) is 0.706. The van der Waals surface area contributed by atoms with E-state index in [1.165, 1.54) is 0 Å². The summed E-state index contributed by atoms with van der Waals surface area (Å²) in [6.07, 6.45) is 2.18. The van der Waals surface area contributed by atoms with E-state index in [1.807, 2.05) is 18.2 Å². The van der Waals surface area contributed by atoms with Crippen LogP contribution in [0.5, 0.6) is 11.5 Å². The minimum atomic E-state index is -0.513. The average Bonchev–Trinajstić information content (AvgIpc) is 3.32.